The SMILES string of the molecule is Cc1cc(N2CCC(CCCO)CC2)c2c(C)c(C)n(-c3c(C)cc(Cl)cc3Br)c2n1. The molecule has 0 atom stereocenters. The number of nitrogens with zero attached hydrogens (tertiary/aromatic N) is 3. The molecule has 3 heterocycles. The molecule has 0 amide bonds. The summed E-state index contributed by atoms with van der Waals surface area (Å²) >= 11 is 10.0. The zero-order valence-corrected chi connectivity index (χ0v) is 21.1. The van der Waals surface area contributed by atoms with Gasteiger partial charge in [-0.25, -0.2) is 4.98 Å². The molecule has 1 N–H and O–H groups in total. The van der Waals surface area contributed by atoms with Crippen LogP contribution >= 0.6 is 27.5 Å². The number of fused-ring (bicyclic) bond motifs is 1. The van der Waals surface area contributed by atoms with Gasteiger partial charge in [0.15, 0.2) is 0 Å². The molecule has 0 bridgehead atoms. The summed E-state index contributed by atoms with van der Waals surface area (Å²) in [7, 11) is 0. The molecule has 0 aliphatic carbocycles. The molecule has 6 heteroatoms. The highest BCUT2D eigenvalue weighted by atomic mass is 79.9. The van der Waals surface area contributed by atoms with Crippen LogP contribution in [0.2, 0.25) is 5.02 Å². The number of benzene rings is 1. The molecule has 1 fully saturated rings. The van der Waals surface area contributed by atoms with Crippen LogP contribution in [0.15, 0.2) is 22.7 Å². The van der Waals surface area contributed by atoms with Crippen molar-refractivity contribution in [1.82, 2.24) is 9.55 Å². The first-order valence-corrected chi connectivity index (χ1v) is 12.3. The van der Waals surface area contributed by atoms with Crippen molar-refractivity contribution in [2.45, 2.75) is 53.4 Å². The lowest BCUT2D eigenvalue weighted by atomic mass is 9.92. The topological polar surface area (TPSA) is 41.3 Å². The van der Waals surface area contributed by atoms with Crippen LogP contribution in [0.1, 0.15) is 48.2 Å². The summed E-state index contributed by atoms with van der Waals surface area (Å²) in [5, 5.41) is 11.1. The van der Waals surface area contributed by atoms with Crippen molar-refractivity contribution in [2.75, 3.05) is 24.6 Å². The Morgan fingerprint density at radius 3 is 2.48 bits per heavy atom. The summed E-state index contributed by atoms with van der Waals surface area (Å²) in [6, 6.07) is 6.21. The summed E-state index contributed by atoms with van der Waals surface area (Å²) in [6.07, 6.45) is 4.42. The summed E-state index contributed by atoms with van der Waals surface area (Å²) in [4.78, 5) is 7.54. The number of aromatic nitrogens is 2. The number of hydrogen-bond donors (Lipinski definition) is 1. The number of aliphatic hydroxyl groups is 1. The zero-order chi connectivity index (χ0) is 22.3. The van der Waals surface area contributed by atoms with Crippen LogP contribution in [0.4, 0.5) is 5.69 Å². The van der Waals surface area contributed by atoms with Gasteiger partial charge in [-0.3, -0.25) is 4.57 Å². The van der Waals surface area contributed by atoms with Crippen LogP contribution in [0.25, 0.3) is 16.7 Å². The van der Waals surface area contributed by atoms with E-state index < -0.39 is 0 Å². The second-order valence-corrected chi connectivity index (χ2v) is 10.2. The molecule has 1 aliphatic heterocycles. The number of hydrogen-bond acceptors (Lipinski definition) is 3. The lowest BCUT2D eigenvalue weighted by Gasteiger charge is -2.34. The first kappa shape index (κ1) is 22.6. The van der Waals surface area contributed by atoms with Crippen molar-refractivity contribution in [1.29, 1.82) is 0 Å². The molecule has 1 saturated heterocycles. The fraction of sp³-hybridized carbons (Fsp3) is 0.480. The Morgan fingerprint density at radius 1 is 1.13 bits per heavy atom. The van der Waals surface area contributed by atoms with Crippen LogP contribution in [-0.2, 0) is 0 Å². The number of halogens is 2. The van der Waals surface area contributed by atoms with E-state index in [1.165, 1.54) is 35.2 Å². The predicted molar refractivity (Wildman–Crippen MR) is 134 cm³/mol. The first-order chi connectivity index (χ1) is 14.8. The summed E-state index contributed by atoms with van der Waals surface area (Å²) in [6.45, 7) is 11.0. The lowest BCUT2D eigenvalue weighted by Crippen LogP contribution is -2.34. The van der Waals surface area contributed by atoms with E-state index in [0.29, 0.717) is 6.61 Å². The van der Waals surface area contributed by atoms with Crippen LogP contribution < -0.4 is 4.90 Å². The van der Waals surface area contributed by atoms with Gasteiger partial charge in [0, 0.05) is 51.7 Å². The van der Waals surface area contributed by atoms with Gasteiger partial charge in [0.1, 0.15) is 5.65 Å². The molecular formula is C25H31BrClN3O. The summed E-state index contributed by atoms with van der Waals surface area (Å²) in [5.41, 5.74) is 8.05. The highest BCUT2D eigenvalue weighted by Crippen LogP contribution is 2.39. The van der Waals surface area contributed by atoms with Gasteiger partial charge in [0.05, 0.1) is 5.69 Å². The minimum absolute atomic E-state index is 0.302. The Labute approximate surface area is 198 Å². The highest BCUT2D eigenvalue weighted by Gasteiger charge is 2.25. The minimum atomic E-state index is 0.302. The van der Waals surface area contributed by atoms with Crippen molar-refractivity contribution in [2.24, 2.45) is 5.92 Å². The number of aryl methyl sites for hydroxylation is 3. The molecule has 3 aromatic rings. The van der Waals surface area contributed by atoms with E-state index in [4.69, 9.17) is 21.7 Å². The second kappa shape index (κ2) is 9.13. The average molecular weight is 505 g/mol. The standard InChI is InChI=1S/C25H31BrClN3O/c1-15-12-20(27)14-21(26)24(15)30-18(4)17(3)23-22(13-16(2)28-25(23)30)29-9-7-19(8-10-29)6-5-11-31/h12-14,19,31H,5-11H2,1-4H3. The molecule has 4 rings (SSSR count). The van der Waals surface area contributed by atoms with Gasteiger partial charge in [0.2, 0.25) is 0 Å². The molecule has 2 aromatic heterocycles. The average Bonchev–Trinajstić information content (AvgIpc) is 2.96. The van der Waals surface area contributed by atoms with Crippen molar-refractivity contribution in [3.63, 3.8) is 0 Å². The first-order valence-electron chi connectivity index (χ1n) is 11.1. The maximum atomic E-state index is 9.15. The van der Waals surface area contributed by atoms with E-state index in [0.717, 1.165) is 63.9 Å². The lowest BCUT2D eigenvalue weighted by molar-refractivity contribution is 0.261. The molecule has 0 saturated carbocycles. The molecule has 4 nitrogen and oxygen atoms in total. The van der Waals surface area contributed by atoms with Gasteiger partial charge in [-0.15, -0.1) is 0 Å². The number of piperidine rings is 1. The maximum absolute atomic E-state index is 9.15. The van der Waals surface area contributed by atoms with Crippen LogP contribution in [-0.4, -0.2) is 34.4 Å². The van der Waals surface area contributed by atoms with E-state index in [1.807, 2.05) is 12.1 Å². The van der Waals surface area contributed by atoms with Crippen LogP contribution in [0.5, 0.6) is 0 Å². The zero-order valence-electron chi connectivity index (χ0n) is 18.8. The van der Waals surface area contributed by atoms with Gasteiger partial charge in [-0.05, 0) is 105 Å². The van der Waals surface area contributed by atoms with E-state index in [1.54, 1.807) is 0 Å². The minimum Gasteiger partial charge on any atom is -0.396 e. The Bertz CT molecular complexity index is 1090. The van der Waals surface area contributed by atoms with Gasteiger partial charge in [0.25, 0.3) is 0 Å². The number of rotatable bonds is 5. The van der Waals surface area contributed by atoms with Crippen LogP contribution in [0, 0.1) is 33.6 Å². The van der Waals surface area contributed by atoms with Crippen molar-refractivity contribution < 1.29 is 5.11 Å². The summed E-state index contributed by atoms with van der Waals surface area (Å²) in [5.74, 6) is 0.724. The van der Waals surface area contributed by atoms with Crippen molar-refractivity contribution in [3.8, 4) is 5.69 Å². The summed E-state index contributed by atoms with van der Waals surface area (Å²) < 4.78 is 3.26. The van der Waals surface area contributed by atoms with Crippen molar-refractivity contribution >= 4 is 44.3 Å². The van der Waals surface area contributed by atoms with Gasteiger partial charge < -0.3 is 10.0 Å². The molecule has 166 valence electrons. The second-order valence-electron chi connectivity index (χ2n) is 8.88. The van der Waals surface area contributed by atoms with Gasteiger partial charge in [-0.2, -0.15) is 0 Å². The van der Waals surface area contributed by atoms with E-state index in [9.17, 15) is 0 Å². The fourth-order valence-electron chi connectivity index (χ4n) is 5.01. The number of anilines is 1. The number of aliphatic hydroxyl groups excluding tert-OH is 1. The largest absolute Gasteiger partial charge is 0.396 e. The Kier molecular flexibility index (Phi) is 6.66. The van der Waals surface area contributed by atoms with E-state index >= 15 is 0 Å². The highest BCUT2D eigenvalue weighted by molar-refractivity contribution is 9.10. The van der Waals surface area contributed by atoms with Crippen molar-refractivity contribution in [3.05, 3.63) is 50.2 Å². The molecular weight excluding hydrogens is 474 g/mol. The smallest absolute Gasteiger partial charge is 0.147 e. The van der Waals surface area contributed by atoms with E-state index in [-0.39, 0.29) is 0 Å². The Balaban J connectivity index is 1.82. The van der Waals surface area contributed by atoms with Crippen LogP contribution in [0.3, 0.4) is 0 Å². The van der Waals surface area contributed by atoms with Gasteiger partial charge in [-0.1, -0.05) is 11.6 Å². The third-order valence-electron chi connectivity index (χ3n) is 6.74. The Morgan fingerprint density at radius 2 is 1.84 bits per heavy atom. The molecule has 0 unspecified atom stereocenters. The molecule has 0 spiro atoms. The normalized spacial score (nSPS) is 15.3. The monoisotopic (exact) mass is 503 g/mol. The third-order valence-corrected chi connectivity index (χ3v) is 7.56. The maximum Gasteiger partial charge on any atom is 0.147 e. The quantitative estimate of drug-likeness (QED) is 0.422. The molecule has 1 aromatic carbocycles. The Hall–Kier alpha value is -1.56. The molecule has 0 radical (unpaired) electrons. The van der Waals surface area contributed by atoms with E-state index in [2.05, 4.69) is 59.2 Å². The van der Waals surface area contributed by atoms with Gasteiger partial charge >= 0.3 is 0 Å². The fourth-order valence-corrected chi connectivity index (χ4v) is 6.15. The third kappa shape index (κ3) is 4.24. The molecule has 1 aliphatic rings. The molecule has 31 heavy (non-hydrogen) atoms. The number of pyridine rings is 1. The predicted octanol–water partition coefficient (Wildman–Crippen LogP) is 6.66.